The lowest BCUT2D eigenvalue weighted by atomic mass is 10.1. The van der Waals surface area contributed by atoms with Crippen LogP contribution in [0.15, 0.2) is 48.5 Å². The standard InChI is InChI=1S/C20H19F3N2O3/c1-24-12-15-10-17(24)19(26)25(16-4-2-3-5-18(16)27-15)11-13-6-8-14(9-7-13)28-20(21,22)23/h2-9,15,17H,10-12H2,1H3. The number of hydrogen-bond donors (Lipinski definition) is 0. The van der Waals surface area contributed by atoms with E-state index in [9.17, 15) is 18.0 Å². The highest BCUT2D eigenvalue weighted by molar-refractivity contribution is 5.99. The van der Waals surface area contributed by atoms with E-state index in [-0.39, 0.29) is 30.3 Å². The highest BCUT2D eigenvalue weighted by Crippen LogP contribution is 2.36. The molecule has 2 aliphatic heterocycles. The number of rotatable bonds is 3. The summed E-state index contributed by atoms with van der Waals surface area (Å²) in [6.07, 6.45) is -4.17. The zero-order chi connectivity index (χ0) is 19.9. The average molecular weight is 392 g/mol. The Bertz CT molecular complexity index is 870. The van der Waals surface area contributed by atoms with Gasteiger partial charge in [-0.2, -0.15) is 0 Å². The molecule has 2 unspecified atom stereocenters. The van der Waals surface area contributed by atoms with Crippen LogP contribution in [-0.2, 0) is 11.3 Å². The molecule has 148 valence electrons. The molecule has 28 heavy (non-hydrogen) atoms. The lowest BCUT2D eigenvalue weighted by molar-refractivity contribution is -0.274. The van der Waals surface area contributed by atoms with E-state index in [0.29, 0.717) is 30.0 Å². The van der Waals surface area contributed by atoms with Gasteiger partial charge in [-0.15, -0.1) is 13.2 Å². The summed E-state index contributed by atoms with van der Waals surface area (Å²) >= 11 is 0. The van der Waals surface area contributed by atoms with Gasteiger partial charge in [0.2, 0.25) is 5.91 Å². The third-order valence-corrected chi connectivity index (χ3v) is 5.01. The maximum Gasteiger partial charge on any atom is 0.573 e. The first kappa shape index (κ1) is 18.6. The molecule has 2 heterocycles. The van der Waals surface area contributed by atoms with Crippen LogP contribution >= 0.6 is 0 Å². The second kappa shape index (κ2) is 7.01. The van der Waals surface area contributed by atoms with Crippen LogP contribution < -0.4 is 14.4 Å². The first-order valence-corrected chi connectivity index (χ1v) is 8.92. The number of alkyl halides is 3. The molecular formula is C20H19F3N2O3. The Hall–Kier alpha value is -2.74. The summed E-state index contributed by atoms with van der Waals surface area (Å²) in [6, 6.07) is 12.6. The fraction of sp³-hybridized carbons (Fsp3) is 0.350. The van der Waals surface area contributed by atoms with Crippen LogP contribution in [0.5, 0.6) is 11.5 Å². The van der Waals surface area contributed by atoms with Gasteiger partial charge in [-0.25, -0.2) is 0 Å². The van der Waals surface area contributed by atoms with Gasteiger partial charge in [0.1, 0.15) is 17.6 Å². The Labute approximate surface area is 160 Å². The van der Waals surface area contributed by atoms with E-state index in [1.807, 2.05) is 36.2 Å². The molecule has 2 atom stereocenters. The van der Waals surface area contributed by atoms with Crippen LogP contribution in [-0.4, -0.2) is 42.9 Å². The Morgan fingerprint density at radius 3 is 2.57 bits per heavy atom. The summed E-state index contributed by atoms with van der Waals surface area (Å²) in [5.74, 6) is 0.292. The van der Waals surface area contributed by atoms with E-state index in [0.717, 1.165) is 0 Å². The summed E-state index contributed by atoms with van der Waals surface area (Å²) in [4.78, 5) is 16.9. The van der Waals surface area contributed by atoms with Gasteiger partial charge in [0.15, 0.2) is 0 Å². The molecule has 0 radical (unpaired) electrons. The molecule has 0 spiro atoms. The number of halogens is 3. The molecule has 2 aromatic carbocycles. The van der Waals surface area contributed by atoms with Crippen molar-refractivity contribution in [3.8, 4) is 11.5 Å². The minimum atomic E-state index is -4.74. The van der Waals surface area contributed by atoms with Crippen molar-refractivity contribution < 1.29 is 27.4 Å². The number of ether oxygens (including phenoxy) is 2. The van der Waals surface area contributed by atoms with Crippen molar-refractivity contribution in [1.29, 1.82) is 0 Å². The minimum absolute atomic E-state index is 0.0407. The van der Waals surface area contributed by atoms with Crippen LogP contribution in [0.2, 0.25) is 0 Å². The highest BCUT2D eigenvalue weighted by Gasteiger charge is 2.41. The van der Waals surface area contributed by atoms with Gasteiger partial charge in [0.25, 0.3) is 0 Å². The number of likely N-dealkylation sites (tertiary alicyclic amines) is 1. The van der Waals surface area contributed by atoms with Crippen LogP contribution in [0.3, 0.4) is 0 Å². The number of carbonyl (C=O) groups excluding carboxylic acids is 1. The summed E-state index contributed by atoms with van der Waals surface area (Å²) in [5, 5.41) is 0. The van der Waals surface area contributed by atoms with Gasteiger partial charge >= 0.3 is 6.36 Å². The lowest BCUT2D eigenvalue weighted by Gasteiger charge is -2.31. The number of para-hydroxylation sites is 2. The number of fused-ring (bicyclic) bond motifs is 3. The number of carbonyl (C=O) groups is 1. The van der Waals surface area contributed by atoms with Crippen molar-refractivity contribution in [2.75, 3.05) is 18.5 Å². The van der Waals surface area contributed by atoms with Crippen molar-refractivity contribution in [1.82, 2.24) is 4.90 Å². The summed E-state index contributed by atoms with van der Waals surface area (Å²) in [7, 11) is 1.89. The number of likely N-dealkylation sites (N-methyl/N-ethyl adjacent to an activating group) is 1. The highest BCUT2D eigenvalue weighted by atomic mass is 19.4. The summed E-state index contributed by atoms with van der Waals surface area (Å²) in [6.45, 7) is 0.891. The predicted octanol–water partition coefficient (Wildman–Crippen LogP) is 3.58. The molecular weight excluding hydrogens is 373 g/mol. The van der Waals surface area contributed by atoms with Crippen molar-refractivity contribution >= 4 is 11.6 Å². The molecule has 1 amide bonds. The molecule has 5 nitrogen and oxygen atoms in total. The molecule has 0 aromatic heterocycles. The van der Waals surface area contributed by atoms with E-state index < -0.39 is 6.36 Å². The molecule has 1 fully saturated rings. The smallest absolute Gasteiger partial charge is 0.487 e. The molecule has 0 saturated carbocycles. The molecule has 2 bridgehead atoms. The molecule has 0 N–H and O–H groups in total. The van der Waals surface area contributed by atoms with Crippen LogP contribution in [0, 0.1) is 0 Å². The second-order valence-corrected chi connectivity index (χ2v) is 7.01. The number of nitrogens with zero attached hydrogens (tertiary/aromatic N) is 2. The number of hydrogen-bond acceptors (Lipinski definition) is 4. The van der Waals surface area contributed by atoms with Gasteiger partial charge in [-0.3, -0.25) is 9.69 Å². The second-order valence-electron chi connectivity index (χ2n) is 7.01. The van der Waals surface area contributed by atoms with Crippen molar-refractivity contribution in [3.63, 3.8) is 0 Å². The van der Waals surface area contributed by atoms with E-state index in [2.05, 4.69) is 4.74 Å². The quantitative estimate of drug-likeness (QED) is 0.801. The SMILES string of the molecule is CN1CC2CC1C(=O)N(Cc1ccc(OC(F)(F)F)cc1)c1ccccc1O2. The lowest BCUT2D eigenvalue weighted by Crippen LogP contribution is -2.44. The zero-order valence-corrected chi connectivity index (χ0v) is 15.1. The van der Waals surface area contributed by atoms with E-state index in [1.165, 1.54) is 24.3 Å². The average Bonchev–Trinajstić information content (AvgIpc) is 3.00. The van der Waals surface area contributed by atoms with Gasteiger partial charge in [-0.05, 0) is 36.9 Å². The summed E-state index contributed by atoms with van der Waals surface area (Å²) in [5.41, 5.74) is 1.35. The van der Waals surface area contributed by atoms with Gasteiger partial charge in [0, 0.05) is 13.0 Å². The Morgan fingerprint density at radius 2 is 1.86 bits per heavy atom. The van der Waals surface area contributed by atoms with E-state index >= 15 is 0 Å². The van der Waals surface area contributed by atoms with E-state index in [4.69, 9.17) is 4.74 Å². The molecule has 2 aliphatic rings. The van der Waals surface area contributed by atoms with Crippen molar-refractivity contribution in [3.05, 3.63) is 54.1 Å². The first-order chi connectivity index (χ1) is 13.3. The van der Waals surface area contributed by atoms with Crippen LogP contribution in [0.4, 0.5) is 18.9 Å². The van der Waals surface area contributed by atoms with Gasteiger partial charge < -0.3 is 14.4 Å². The first-order valence-electron chi connectivity index (χ1n) is 8.92. The minimum Gasteiger partial charge on any atom is -0.487 e. The molecule has 1 saturated heterocycles. The van der Waals surface area contributed by atoms with Crippen molar-refractivity contribution in [2.24, 2.45) is 0 Å². The largest absolute Gasteiger partial charge is 0.573 e. The van der Waals surface area contributed by atoms with Crippen molar-refractivity contribution in [2.45, 2.75) is 31.5 Å². The Morgan fingerprint density at radius 1 is 1.14 bits per heavy atom. The third-order valence-electron chi connectivity index (χ3n) is 5.01. The predicted molar refractivity (Wildman–Crippen MR) is 96.2 cm³/mol. The normalized spacial score (nSPS) is 22.3. The molecule has 4 rings (SSSR count). The Balaban J connectivity index is 1.63. The number of amides is 1. The fourth-order valence-electron chi connectivity index (χ4n) is 3.73. The van der Waals surface area contributed by atoms with Gasteiger partial charge in [-0.1, -0.05) is 24.3 Å². The maximum absolute atomic E-state index is 13.2. The third kappa shape index (κ3) is 3.77. The number of anilines is 1. The van der Waals surface area contributed by atoms with Crippen LogP contribution in [0.25, 0.3) is 0 Å². The van der Waals surface area contributed by atoms with E-state index in [1.54, 1.807) is 4.90 Å². The molecule has 8 heteroatoms. The Kier molecular flexibility index (Phi) is 4.66. The monoisotopic (exact) mass is 392 g/mol. The zero-order valence-electron chi connectivity index (χ0n) is 15.1. The van der Waals surface area contributed by atoms with Gasteiger partial charge in [0.05, 0.1) is 18.3 Å². The fourth-order valence-corrected chi connectivity index (χ4v) is 3.73. The maximum atomic E-state index is 13.2. The molecule has 2 aromatic rings. The molecule has 0 aliphatic carbocycles. The topological polar surface area (TPSA) is 42.0 Å². The number of benzene rings is 2. The summed E-state index contributed by atoms with van der Waals surface area (Å²) < 4.78 is 47.0. The van der Waals surface area contributed by atoms with Crippen LogP contribution in [0.1, 0.15) is 12.0 Å².